The van der Waals surface area contributed by atoms with Gasteiger partial charge in [-0.15, -0.1) is 0 Å². The maximum absolute atomic E-state index is 5.64. The number of hydrogen-bond donors (Lipinski definition) is 1. The van der Waals surface area contributed by atoms with Crippen molar-refractivity contribution in [3.8, 4) is 0 Å². The van der Waals surface area contributed by atoms with E-state index in [4.69, 9.17) is 9.72 Å². The van der Waals surface area contributed by atoms with Gasteiger partial charge in [0.25, 0.3) is 0 Å². The molecule has 0 spiro atoms. The molecular formula is C15H20BrN3O. The number of hydrogen-bond acceptors (Lipinski definition) is 3. The molecule has 0 amide bonds. The second-order valence-corrected chi connectivity index (χ2v) is 6.21. The first-order valence-electron chi connectivity index (χ1n) is 7.15. The molecule has 1 aromatic heterocycles. The van der Waals surface area contributed by atoms with Crippen LogP contribution in [0.1, 0.15) is 25.1 Å². The van der Waals surface area contributed by atoms with Gasteiger partial charge in [0.1, 0.15) is 5.82 Å². The van der Waals surface area contributed by atoms with E-state index in [1.165, 1.54) is 5.52 Å². The normalized spacial score (nSPS) is 22.8. The first kappa shape index (κ1) is 14.0. The minimum absolute atomic E-state index is 0.331. The van der Waals surface area contributed by atoms with E-state index >= 15 is 0 Å². The quantitative estimate of drug-likeness (QED) is 0.932. The van der Waals surface area contributed by atoms with Crippen LogP contribution in [0.5, 0.6) is 0 Å². The molecule has 2 aromatic rings. The maximum atomic E-state index is 5.64. The zero-order valence-corrected chi connectivity index (χ0v) is 13.5. The maximum Gasteiger partial charge on any atom is 0.116 e. The van der Waals surface area contributed by atoms with Crippen molar-refractivity contribution < 1.29 is 4.74 Å². The van der Waals surface area contributed by atoms with E-state index in [2.05, 4.69) is 50.9 Å². The lowest BCUT2D eigenvalue weighted by Crippen LogP contribution is -2.32. The highest BCUT2D eigenvalue weighted by Gasteiger charge is 2.32. The van der Waals surface area contributed by atoms with E-state index in [1.54, 1.807) is 0 Å². The molecule has 0 radical (unpaired) electrons. The summed E-state index contributed by atoms with van der Waals surface area (Å²) in [6.07, 6.45) is 1.10. The highest BCUT2D eigenvalue weighted by molar-refractivity contribution is 9.10. The van der Waals surface area contributed by atoms with Gasteiger partial charge < -0.3 is 14.6 Å². The summed E-state index contributed by atoms with van der Waals surface area (Å²) in [7, 11) is 2.00. The van der Waals surface area contributed by atoms with Crippen LogP contribution in [0.15, 0.2) is 22.7 Å². The summed E-state index contributed by atoms with van der Waals surface area (Å²) in [6.45, 7) is 4.72. The summed E-state index contributed by atoms with van der Waals surface area (Å²) in [5, 5.41) is 3.35. The van der Waals surface area contributed by atoms with Gasteiger partial charge in [0.2, 0.25) is 0 Å². The van der Waals surface area contributed by atoms with E-state index in [9.17, 15) is 0 Å². The van der Waals surface area contributed by atoms with Crippen molar-refractivity contribution in [2.45, 2.75) is 31.8 Å². The number of aromatic nitrogens is 2. The van der Waals surface area contributed by atoms with Crippen LogP contribution in [0.2, 0.25) is 0 Å². The Bertz CT molecular complexity index is 610. The Hall–Kier alpha value is -0.910. The van der Waals surface area contributed by atoms with Gasteiger partial charge in [0.05, 0.1) is 30.2 Å². The summed E-state index contributed by atoms with van der Waals surface area (Å²) >= 11 is 3.53. The van der Waals surface area contributed by atoms with Crippen molar-refractivity contribution in [2.75, 3.05) is 20.3 Å². The van der Waals surface area contributed by atoms with Crippen LogP contribution in [0.3, 0.4) is 0 Å². The summed E-state index contributed by atoms with van der Waals surface area (Å²) in [5.74, 6) is 1.48. The number of aryl methyl sites for hydroxylation is 1. The van der Waals surface area contributed by atoms with Crippen LogP contribution in [0.25, 0.3) is 11.0 Å². The van der Waals surface area contributed by atoms with Gasteiger partial charge in [0.15, 0.2) is 0 Å². The van der Waals surface area contributed by atoms with Crippen molar-refractivity contribution >= 4 is 27.0 Å². The smallest absolute Gasteiger partial charge is 0.116 e. The zero-order chi connectivity index (χ0) is 14.1. The average Bonchev–Trinajstić information content (AvgIpc) is 3.03. The molecule has 1 fully saturated rings. The third-order valence-corrected chi connectivity index (χ3v) is 4.46. The van der Waals surface area contributed by atoms with Crippen molar-refractivity contribution in [1.29, 1.82) is 0 Å². The molecule has 108 valence electrons. The highest BCUT2D eigenvalue weighted by Crippen LogP contribution is 2.29. The predicted molar refractivity (Wildman–Crippen MR) is 84.1 cm³/mol. The van der Waals surface area contributed by atoms with Crippen molar-refractivity contribution in [3.05, 3.63) is 28.5 Å². The largest absolute Gasteiger partial charge is 0.379 e. The first-order valence-corrected chi connectivity index (χ1v) is 7.94. The van der Waals surface area contributed by atoms with Gasteiger partial charge in [-0.1, -0.05) is 22.9 Å². The number of benzene rings is 1. The molecule has 1 aromatic carbocycles. The molecule has 5 heteroatoms. The molecule has 1 saturated heterocycles. The van der Waals surface area contributed by atoms with Crippen LogP contribution in [-0.4, -0.2) is 35.9 Å². The molecule has 1 aliphatic heterocycles. The molecule has 3 rings (SSSR count). The Balaban J connectivity index is 2.11. The fraction of sp³-hybridized carbons (Fsp3) is 0.533. The van der Waals surface area contributed by atoms with Crippen LogP contribution < -0.4 is 5.32 Å². The predicted octanol–water partition coefficient (Wildman–Crippen LogP) is 2.91. The standard InChI is InChI=1S/C15H20BrN3O/c1-3-6-19-14-5-4-10(16)7-12(14)18-15(19)11-8-20-9-13(11)17-2/h4-5,7,11,13,17H,3,6,8-9H2,1-2H3. The van der Waals surface area contributed by atoms with Crippen molar-refractivity contribution in [1.82, 2.24) is 14.9 Å². The van der Waals surface area contributed by atoms with E-state index in [1.807, 2.05) is 7.05 Å². The van der Waals surface area contributed by atoms with Crippen molar-refractivity contribution in [2.24, 2.45) is 0 Å². The summed E-state index contributed by atoms with van der Waals surface area (Å²) in [4.78, 5) is 4.89. The van der Waals surface area contributed by atoms with E-state index < -0.39 is 0 Å². The van der Waals surface area contributed by atoms with Crippen LogP contribution >= 0.6 is 15.9 Å². The topological polar surface area (TPSA) is 39.1 Å². The van der Waals surface area contributed by atoms with Crippen molar-refractivity contribution in [3.63, 3.8) is 0 Å². The first-order chi connectivity index (χ1) is 9.74. The number of halogens is 1. The van der Waals surface area contributed by atoms with Gasteiger partial charge in [0, 0.05) is 17.1 Å². The number of nitrogens with zero attached hydrogens (tertiary/aromatic N) is 2. The summed E-state index contributed by atoms with van der Waals surface area (Å²) in [5.41, 5.74) is 2.27. The van der Waals surface area contributed by atoms with Crippen LogP contribution in [0.4, 0.5) is 0 Å². The van der Waals surface area contributed by atoms with Gasteiger partial charge in [-0.05, 0) is 31.7 Å². The molecule has 0 bridgehead atoms. The third-order valence-electron chi connectivity index (χ3n) is 3.97. The number of fused-ring (bicyclic) bond motifs is 1. The molecule has 20 heavy (non-hydrogen) atoms. The Morgan fingerprint density at radius 1 is 1.45 bits per heavy atom. The number of rotatable bonds is 4. The zero-order valence-electron chi connectivity index (χ0n) is 11.9. The van der Waals surface area contributed by atoms with Crippen LogP contribution in [0, 0.1) is 0 Å². The van der Waals surface area contributed by atoms with Gasteiger partial charge in [-0.2, -0.15) is 0 Å². The van der Waals surface area contributed by atoms with E-state index in [0.717, 1.165) is 42.0 Å². The summed E-state index contributed by atoms with van der Waals surface area (Å²) < 4.78 is 9.07. The Kier molecular flexibility index (Phi) is 4.10. The second-order valence-electron chi connectivity index (χ2n) is 5.29. The Labute approximate surface area is 127 Å². The monoisotopic (exact) mass is 337 g/mol. The highest BCUT2D eigenvalue weighted by atomic mass is 79.9. The lowest BCUT2D eigenvalue weighted by atomic mass is 10.0. The molecular weight excluding hydrogens is 318 g/mol. The molecule has 4 nitrogen and oxygen atoms in total. The van der Waals surface area contributed by atoms with Gasteiger partial charge in [-0.3, -0.25) is 0 Å². The molecule has 1 N–H and O–H groups in total. The lowest BCUT2D eigenvalue weighted by molar-refractivity contribution is 0.187. The molecule has 2 heterocycles. The molecule has 1 aliphatic rings. The fourth-order valence-electron chi connectivity index (χ4n) is 2.96. The third kappa shape index (κ3) is 2.38. The van der Waals surface area contributed by atoms with Gasteiger partial charge >= 0.3 is 0 Å². The van der Waals surface area contributed by atoms with E-state index in [0.29, 0.717) is 12.0 Å². The summed E-state index contributed by atoms with van der Waals surface area (Å²) in [6, 6.07) is 6.68. The fourth-order valence-corrected chi connectivity index (χ4v) is 3.31. The minimum Gasteiger partial charge on any atom is -0.379 e. The molecule has 2 unspecified atom stereocenters. The Morgan fingerprint density at radius 2 is 2.30 bits per heavy atom. The Morgan fingerprint density at radius 3 is 3.05 bits per heavy atom. The minimum atomic E-state index is 0.331. The average molecular weight is 338 g/mol. The number of likely N-dealkylation sites (N-methyl/N-ethyl adjacent to an activating group) is 1. The molecule has 0 saturated carbocycles. The van der Waals surface area contributed by atoms with Gasteiger partial charge in [-0.25, -0.2) is 4.98 Å². The van der Waals surface area contributed by atoms with Crippen LogP contribution in [-0.2, 0) is 11.3 Å². The lowest BCUT2D eigenvalue weighted by Gasteiger charge is -2.18. The molecule has 2 atom stereocenters. The number of imidazole rings is 1. The second kappa shape index (κ2) is 5.84. The number of nitrogens with one attached hydrogen (secondary N) is 1. The SMILES string of the molecule is CCCn1c(C2COCC2NC)nc2cc(Br)ccc21. The molecule has 0 aliphatic carbocycles. The number of ether oxygens (including phenoxy) is 1. The van der Waals surface area contributed by atoms with E-state index in [-0.39, 0.29) is 0 Å².